The van der Waals surface area contributed by atoms with Gasteiger partial charge in [-0.05, 0) is 62.4 Å². The van der Waals surface area contributed by atoms with Crippen LogP contribution in [0.1, 0.15) is 70.7 Å². The normalized spacial score (nSPS) is 17.0. The Bertz CT molecular complexity index is 1220. The minimum atomic E-state index is -0.122. The zero-order valence-corrected chi connectivity index (χ0v) is 20.2. The molecule has 7 heteroatoms. The van der Waals surface area contributed by atoms with E-state index in [4.69, 9.17) is 4.98 Å². The van der Waals surface area contributed by atoms with Gasteiger partial charge in [0.25, 0.3) is 11.5 Å². The van der Waals surface area contributed by atoms with Crippen molar-refractivity contribution in [2.75, 3.05) is 13.1 Å². The maximum atomic E-state index is 13.2. The first-order valence-electron chi connectivity index (χ1n) is 12.2. The van der Waals surface area contributed by atoms with Crippen LogP contribution in [0, 0.1) is 6.92 Å². The van der Waals surface area contributed by atoms with E-state index in [0.29, 0.717) is 21.6 Å². The fourth-order valence-corrected chi connectivity index (χ4v) is 6.23. The van der Waals surface area contributed by atoms with Crippen molar-refractivity contribution in [3.05, 3.63) is 62.0 Å². The van der Waals surface area contributed by atoms with Crippen molar-refractivity contribution in [1.82, 2.24) is 19.8 Å². The summed E-state index contributed by atoms with van der Waals surface area (Å²) < 4.78 is 1.83. The fraction of sp³-hybridized carbons (Fsp3) is 0.500. The lowest BCUT2D eigenvalue weighted by molar-refractivity contribution is 0.0954. The van der Waals surface area contributed by atoms with Crippen LogP contribution in [0.15, 0.2) is 29.1 Å². The molecule has 1 N–H and O–H groups in total. The number of hydrogen-bond acceptors (Lipinski definition) is 5. The van der Waals surface area contributed by atoms with Gasteiger partial charge >= 0.3 is 0 Å². The van der Waals surface area contributed by atoms with Crippen molar-refractivity contribution in [2.45, 2.75) is 71.5 Å². The van der Waals surface area contributed by atoms with Gasteiger partial charge in [0.1, 0.15) is 10.7 Å². The monoisotopic (exact) mass is 464 g/mol. The molecule has 1 fully saturated rings. The number of nitrogens with zero attached hydrogens (tertiary/aromatic N) is 3. The third kappa shape index (κ3) is 4.62. The molecule has 0 bridgehead atoms. The lowest BCUT2D eigenvalue weighted by atomic mass is 10.0. The molecule has 6 nitrogen and oxygen atoms in total. The first-order chi connectivity index (χ1) is 16.1. The maximum absolute atomic E-state index is 13.2. The van der Waals surface area contributed by atoms with Gasteiger partial charge in [0, 0.05) is 26.1 Å². The molecule has 4 heterocycles. The summed E-state index contributed by atoms with van der Waals surface area (Å²) in [5.41, 5.74) is 3.19. The average molecular weight is 465 g/mol. The summed E-state index contributed by atoms with van der Waals surface area (Å²) in [5.74, 6) is 0.743. The van der Waals surface area contributed by atoms with Crippen molar-refractivity contribution >= 4 is 27.5 Å². The van der Waals surface area contributed by atoms with Gasteiger partial charge in [0.05, 0.1) is 10.3 Å². The first kappa shape index (κ1) is 22.3. The molecular weight excluding hydrogens is 432 g/mol. The fourth-order valence-electron chi connectivity index (χ4n) is 5.12. The predicted molar refractivity (Wildman–Crippen MR) is 133 cm³/mol. The number of carbonyl (C=O) groups excluding carboxylic acids is 1. The van der Waals surface area contributed by atoms with Crippen LogP contribution in [0.25, 0.3) is 10.2 Å². The number of carbonyl (C=O) groups is 1. The van der Waals surface area contributed by atoms with Crippen molar-refractivity contribution in [3.63, 3.8) is 0 Å². The average Bonchev–Trinajstić information content (AvgIpc) is 3.00. The summed E-state index contributed by atoms with van der Waals surface area (Å²) in [7, 11) is 0. The van der Waals surface area contributed by atoms with Gasteiger partial charge in [-0.3, -0.25) is 19.1 Å². The summed E-state index contributed by atoms with van der Waals surface area (Å²) >= 11 is 1.35. The van der Waals surface area contributed by atoms with E-state index in [0.717, 1.165) is 68.8 Å². The van der Waals surface area contributed by atoms with E-state index in [1.54, 1.807) is 0 Å². The Morgan fingerprint density at radius 2 is 1.76 bits per heavy atom. The number of fused-ring (bicyclic) bond motifs is 2. The summed E-state index contributed by atoms with van der Waals surface area (Å²) in [6, 6.07) is 8.37. The second-order valence-corrected chi connectivity index (χ2v) is 10.3. The molecule has 0 aliphatic carbocycles. The second kappa shape index (κ2) is 9.77. The van der Waals surface area contributed by atoms with Crippen LogP contribution in [0.2, 0.25) is 0 Å². The quantitative estimate of drug-likeness (QED) is 0.607. The number of aryl methyl sites for hydroxylation is 2. The van der Waals surface area contributed by atoms with E-state index in [9.17, 15) is 9.59 Å². The molecule has 174 valence electrons. The van der Waals surface area contributed by atoms with Crippen molar-refractivity contribution in [1.29, 1.82) is 0 Å². The van der Waals surface area contributed by atoms with E-state index in [-0.39, 0.29) is 11.5 Å². The van der Waals surface area contributed by atoms with Crippen molar-refractivity contribution in [2.24, 2.45) is 0 Å². The van der Waals surface area contributed by atoms with Gasteiger partial charge in [0.15, 0.2) is 0 Å². The Kier molecular flexibility index (Phi) is 6.60. The molecule has 3 aromatic rings. The minimum Gasteiger partial charge on any atom is -0.347 e. The van der Waals surface area contributed by atoms with Gasteiger partial charge in [-0.25, -0.2) is 4.98 Å². The number of nitrogens with one attached hydrogen (secondary N) is 1. The molecule has 1 saturated heterocycles. The zero-order chi connectivity index (χ0) is 22.8. The number of aromatic nitrogens is 2. The molecule has 0 saturated carbocycles. The number of amides is 1. The highest BCUT2D eigenvalue weighted by Gasteiger charge is 2.22. The third-order valence-electron chi connectivity index (χ3n) is 7.02. The molecule has 0 radical (unpaired) electrons. The molecule has 2 aromatic heterocycles. The SMILES string of the molecule is Cc1c(C(=O)NCc2ccccc2CN2CCCCC2)sc2nc3n(c(=O)c12)CCCCC3. The first-order valence-corrected chi connectivity index (χ1v) is 13.0. The number of benzene rings is 1. The molecule has 0 atom stereocenters. The summed E-state index contributed by atoms with van der Waals surface area (Å²) in [6.45, 7) is 6.31. The van der Waals surface area contributed by atoms with E-state index in [1.807, 2.05) is 17.6 Å². The van der Waals surface area contributed by atoms with Gasteiger partial charge < -0.3 is 5.32 Å². The van der Waals surface area contributed by atoms with Crippen molar-refractivity contribution < 1.29 is 4.79 Å². The lowest BCUT2D eigenvalue weighted by Crippen LogP contribution is -2.30. The lowest BCUT2D eigenvalue weighted by Gasteiger charge is -2.27. The highest BCUT2D eigenvalue weighted by atomic mass is 32.1. The van der Waals surface area contributed by atoms with Crippen LogP contribution >= 0.6 is 11.3 Å². The van der Waals surface area contributed by atoms with E-state index in [2.05, 4.69) is 28.4 Å². The van der Waals surface area contributed by atoms with E-state index in [1.165, 1.54) is 36.2 Å². The molecule has 33 heavy (non-hydrogen) atoms. The Morgan fingerprint density at radius 1 is 1.03 bits per heavy atom. The molecule has 5 rings (SSSR count). The number of thiophene rings is 1. The van der Waals surface area contributed by atoms with Gasteiger partial charge in [0.2, 0.25) is 0 Å². The van der Waals surface area contributed by atoms with E-state index < -0.39 is 0 Å². The van der Waals surface area contributed by atoms with Crippen LogP contribution in [-0.4, -0.2) is 33.4 Å². The number of hydrogen-bond donors (Lipinski definition) is 1. The standard InChI is InChI=1S/C26H32N4O2S/c1-18-22-25(28-21-12-4-2-9-15-30(21)26(22)32)33-23(18)24(31)27-16-19-10-5-6-11-20(19)17-29-13-7-3-8-14-29/h5-6,10-11H,2-4,7-9,12-17H2,1H3,(H,27,31). The molecule has 1 aromatic carbocycles. The molecule has 1 amide bonds. The van der Waals surface area contributed by atoms with Crippen LogP contribution in [-0.2, 0) is 26.1 Å². The highest BCUT2D eigenvalue weighted by Crippen LogP contribution is 2.28. The summed E-state index contributed by atoms with van der Waals surface area (Å²) in [6.07, 6.45) is 7.88. The Balaban J connectivity index is 1.36. The number of rotatable bonds is 5. The Morgan fingerprint density at radius 3 is 2.58 bits per heavy atom. The topological polar surface area (TPSA) is 67.2 Å². The predicted octanol–water partition coefficient (Wildman–Crippen LogP) is 4.41. The minimum absolute atomic E-state index is 0.0107. The largest absolute Gasteiger partial charge is 0.347 e. The maximum Gasteiger partial charge on any atom is 0.262 e. The second-order valence-electron chi connectivity index (χ2n) is 9.32. The third-order valence-corrected chi connectivity index (χ3v) is 8.20. The van der Waals surface area contributed by atoms with Crippen LogP contribution in [0.4, 0.5) is 0 Å². The van der Waals surface area contributed by atoms with E-state index >= 15 is 0 Å². The molecular formula is C26H32N4O2S. The molecule has 2 aliphatic rings. The van der Waals surface area contributed by atoms with Crippen molar-refractivity contribution in [3.8, 4) is 0 Å². The van der Waals surface area contributed by atoms with Gasteiger partial charge in [-0.2, -0.15) is 0 Å². The summed E-state index contributed by atoms with van der Waals surface area (Å²) in [4.78, 5) is 34.9. The Labute approximate surface area is 198 Å². The molecule has 0 unspecified atom stereocenters. The zero-order valence-electron chi connectivity index (χ0n) is 19.4. The van der Waals surface area contributed by atoms with Crippen LogP contribution in [0.5, 0.6) is 0 Å². The molecule has 2 aliphatic heterocycles. The molecule has 0 spiro atoms. The van der Waals surface area contributed by atoms with Crippen LogP contribution in [0.3, 0.4) is 0 Å². The highest BCUT2D eigenvalue weighted by molar-refractivity contribution is 7.20. The summed E-state index contributed by atoms with van der Waals surface area (Å²) in [5, 5.41) is 3.72. The van der Waals surface area contributed by atoms with Gasteiger partial charge in [-0.15, -0.1) is 11.3 Å². The Hall–Kier alpha value is -2.51. The van der Waals surface area contributed by atoms with Crippen LogP contribution < -0.4 is 10.9 Å². The number of likely N-dealkylation sites (tertiary alicyclic amines) is 1. The van der Waals surface area contributed by atoms with Gasteiger partial charge in [-0.1, -0.05) is 37.1 Å². The smallest absolute Gasteiger partial charge is 0.262 e. The number of piperidine rings is 1.